The number of ether oxygens (including phenoxy) is 2. The molecule has 0 heterocycles. The van der Waals surface area contributed by atoms with E-state index in [-0.39, 0.29) is 12.2 Å². The zero-order valence-corrected chi connectivity index (χ0v) is 9.15. The highest BCUT2D eigenvalue weighted by molar-refractivity contribution is 6.06. The summed E-state index contributed by atoms with van der Waals surface area (Å²) in [7, 11) is 2.84. The van der Waals surface area contributed by atoms with E-state index < -0.39 is 11.9 Å². The number of rotatable bonds is 2. The van der Waals surface area contributed by atoms with Crippen molar-refractivity contribution in [2.75, 3.05) is 14.2 Å². The topological polar surface area (TPSA) is 52.6 Å². The van der Waals surface area contributed by atoms with E-state index >= 15 is 0 Å². The van der Waals surface area contributed by atoms with Crippen molar-refractivity contribution in [3.8, 4) is 5.75 Å². The number of ketones is 1. The molecule has 1 aliphatic rings. The van der Waals surface area contributed by atoms with Crippen LogP contribution >= 0.6 is 0 Å². The minimum Gasteiger partial charge on any atom is -0.496 e. The van der Waals surface area contributed by atoms with E-state index in [9.17, 15) is 9.59 Å². The maximum Gasteiger partial charge on any atom is 0.313 e. The highest BCUT2D eigenvalue weighted by Gasteiger charge is 2.37. The molecule has 0 amide bonds. The Morgan fingerprint density at radius 2 is 2.12 bits per heavy atom. The van der Waals surface area contributed by atoms with E-state index in [0.717, 1.165) is 0 Å². The van der Waals surface area contributed by atoms with Gasteiger partial charge in [0.05, 0.1) is 20.1 Å². The van der Waals surface area contributed by atoms with E-state index in [1.165, 1.54) is 14.2 Å². The third kappa shape index (κ3) is 1.46. The Kier molecular flexibility index (Phi) is 2.64. The number of methoxy groups -OCH3 is 2. The molecular weight excluding hydrogens is 208 g/mol. The molecule has 0 N–H and O–H groups in total. The summed E-state index contributed by atoms with van der Waals surface area (Å²) in [5.74, 6) is -0.386. The first-order valence-corrected chi connectivity index (χ1v) is 4.97. The van der Waals surface area contributed by atoms with Gasteiger partial charge in [0.2, 0.25) is 0 Å². The van der Waals surface area contributed by atoms with Gasteiger partial charge in [-0.3, -0.25) is 9.59 Å². The Balaban J connectivity index is 2.54. The van der Waals surface area contributed by atoms with Crippen molar-refractivity contribution in [1.29, 1.82) is 0 Å². The average molecular weight is 220 g/mol. The van der Waals surface area contributed by atoms with Crippen LogP contribution in [0.4, 0.5) is 0 Å². The first-order chi connectivity index (χ1) is 7.69. The molecule has 1 atom stereocenters. The van der Waals surface area contributed by atoms with Crippen molar-refractivity contribution in [3.63, 3.8) is 0 Å². The SMILES string of the molecule is COC(=O)[C@H]1CC(=O)c2cccc(OC)c21. The number of esters is 1. The van der Waals surface area contributed by atoms with Crippen molar-refractivity contribution in [2.24, 2.45) is 0 Å². The largest absolute Gasteiger partial charge is 0.496 e. The van der Waals surface area contributed by atoms with Crippen LogP contribution in [0.1, 0.15) is 28.3 Å². The molecule has 1 aromatic rings. The van der Waals surface area contributed by atoms with Gasteiger partial charge in [-0.2, -0.15) is 0 Å². The molecular formula is C12H12O4. The molecule has 4 heteroatoms. The summed E-state index contributed by atoms with van der Waals surface area (Å²) in [5, 5.41) is 0. The molecule has 2 rings (SSSR count). The van der Waals surface area contributed by atoms with Crippen molar-refractivity contribution < 1.29 is 19.1 Å². The number of carbonyl (C=O) groups is 2. The molecule has 0 spiro atoms. The second-order valence-corrected chi connectivity index (χ2v) is 3.62. The van der Waals surface area contributed by atoms with Gasteiger partial charge in [0.25, 0.3) is 0 Å². The lowest BCUT2D eigenvalue weighted by molar-refractivity contribution is -0.142. The Bertz CT molecular complexity index is 450. The van der Waals surface area contributed by atoms with Crippen LogP contribution in [0, 0.1) is 0 Å². The van der Waals surface area contributed by atoms with Crippen molar-refractivity contribution in [2.45, 2.75) is 12.3 Å². The normalized spacial score (nSPS) is 18.1. The van der Waals surface area contributed by atoms with Crippen LogP contribution in [0.25, 0.3) is 0 Å². The molecule has 1 aliphatic carbocycles. The second kappa shape index (κ2) is 3.96. The van der Waals surface area contributed by atoms with E-state index in [4.69, 9.17) is 9.47 Å². The fourth-order valence-corrected chi connectivity index (χ4v) is 2.07. The number of hydrogen-bond acceptors (Lipinski definition) is 4. The number of carbonyl (C=O) groups excluding carboxylic acids is 2. The zero-order chi connectivity index (χ0) is 11.7. The predicted octanol–water partition coefficient (Wildman–Crippen LogP) is 1.54. The number of hydrogen-bond donors (Lipinski definition) is 0. The predicted molar refractivity (Wildman–Crippen MR) is 56.7 cm³/mol. The summed E-state index contributed by atoms with van der Waals surface area (Å²) < 4.78 is 9.86. The second-order valence-electron chi connectivity index (χ2n) is 3.62. The molecule has 4 nitrogen and oxygen atoms in total. The van der Waals surface area contributed by atoms with Gasteiger partial charge in [-0.1, -0.05) is 12.1 Å². The summed E-state index contributed by atoms with van der Waals surface area (Å²) in [6, 6.07) is 5.20. The quantitative estimate of drug-likeness (QED) is 0.709. The van der Waals surface area contributed by atoms with Crippen molar-refractivity contribution in [3.05, 3.63) is 29.3 Å². The summed E-state index contributed by atoms with van der Waals surface area (Å²) in [4.78, 5) is 23.3. The van der Waals surface area contributed by atoms with Crippen LogP contribution in [0.3, 0.4) is 0 Å². The lowest BCUT2D eigenvalue weighted by Crippen LogP contribution is -2.12. The summed E-state index contributed by atoms with van der Waals surface area (Å²) in [6.07, 6.45) is 0.169. The molecule has 0 aromatic heterocycles. The fraction of sp³-hybridized carbons (Fsp3) is 0.333. The standard InChI is InChI=1S/C12H12O4/c1-15-10-5-3-4-7-9(13)6-8(11(7)10)12(14)16-2/h3-5,8H,6H2,1-2H3/t8-/m0/s1. The summed E-state index contributed by atoms with van der Waals surface area (Å²) >= 11 is 0. The van der Waals surface area contributed by atoms with Crippen LogP contribution in [0.15, 0.2) is 18.2 Å². The van der Waals surface area contributed by atoms with E-state index in [0.29, 0.717) is 16.9 Å². The molecule has 0 fully saturated rings. The number of fused-ring (bicyclic) bond motifs is 1. The van der Waals surface area contributed by atoms with Gasteiger partial charge in [-0.05, 0) is 6.07 Å². The lowest BCUT2D eigenvalue weighted by Gasteiger charge is -2.11. The number of Topliss-reactive ketones (excluding diaryl/α,β-unsaturated/α-hetero) is 1. The van der Waals surface area contributed by atoms with Crippen LogP contribution < -0.4 is 4.74 Å². The van der Waals surface area contributed by atoms with Gasteiger partial charge >= 0.3 is 5.97 Å². The van der Waals surface area contributed by atoms with Crippen molar-refractivity contribution in [1.82, 2.24) is 0 Å². The maximum atomic E-state index is 11.7. The molecule has 0 aliphatic heterocycles. The Labute approximate surface area is 93.2 Å². The van der Waals surface area contributed by atoms with E-state index in [1.54, 1.807) is 18.2 Å². The van der Waals surface area contributed by atoms with Gasteiger partial charge < -0.3 is 9.47 Å². The highest BCUT2D eigenvalue weighted by Crippen LogP contribution is 2.39. The number of benzene rings is 1. The third-order valence-corrected chi connectivity index (χ3v) is 2.81. The first kappa shape index (κ1) is 10.7. The molecule has 1 aromatic carbocycles. The van der Waals surface area contributed by atoms with Gasteiger partial charge in [0.15, 0.2) is 5.78 Å². The van der Waals surface area contributed by atoms with Gasteiger partial charge in [-0.25, -0.2) is 0 Å². The molecule has 0 bridgehead atoms. The fourth-order valence-electron chi connectivity index (χ4n) is 2.07. The first-order valence-electron chi connectivity index (χ1n) is 4.97. The molecule has 0 unspecified atom stereocenters. The monoisotopic (exact) mass is 220 g/mol. The van der Waals surface area contributed by atoms with Gasteiger partial charge in [0.1, 0.15) is 5.75 Å². The van der Waals surface area contributed by atoms with Crippen LogP contribution in [-0.2, 0) is 9.53 Å². The van der Waals surface area contributed by atoms with Gasteiger partial charge in [-0.15, -0.1) is 0 Å². The van der Waals surface area contributed by atoms with Crippen molar-refractivity contribution >= 4 is 11.8 Å². The smallest absolute Gasteiger partial charge is 0.313 e. The minimum absolute atomic E-state index is 0.0377. The molecule has 0 radical (unpaired) electrons. The van der Waals surface area contributed by atoms with E-state index in [1.807, 2.05) is 0 Å². The van der Waals surface area contributed by atoms with E-state index in [2.05, 4.69) is 0 Å². The highest BCUT2D eigenvalue weighted by atomic mass is 16.5. The lowest BCUT2D eigenvalue weighted by atomic mass is 10.0. The molecule has 0 saturated carbocycles. The van der Waals surface area contributed by atoms with Crippen LogP contribution in [-0.4, -0.2) is 26.0 Å². The Morgan fingerprint density at radius 1 is 1.38 bits per heavy atom. The minimum atomic E-state index is -0.524. The molecule has 84 valence electrons. The Morgan fingerprint density at radius 3 is 2.75 bits per heavy atom. The van der Waals surface area contributed by atoms with Crippen LogP contribution in [0.5, 0.6) is 5.75 Å². The Hall–Kier alpha value is -1.84. The summed E-state index contributed by atoms with van der Waals surface area (Å²) in [6.45, 7) is 0. The van der Waals surface area contributed by atoms with Gasteiger partial charge in [0, 0.05) is 17.5 Å². The zero-order valence-electron chi connectivity index (χ0n) is 9.15. The molecule has 16 heavy (non-hydrogen) atoms. The van der Waals surface area contributed by atoms with Crippen LogP contribution in [0.2, 0.25) is 0 Å². The summed E-state index contributed by atoms with van der Waals surface area (Å²) in [5.41, 5.74) is 1.22. The average Bonchev–Trinajstić information content (AvgIpc) is 2.66. The molecule has 0 saturated heterocycles. The maximum absolute atomic E-state index is 11.7. The third-order valence-electron chi connectivity index (χ3n) is 2.81.